The SMILES string of the molecule is Cc1ccc(C2=NN(c3ccccc3)C(c3ccco3)C2)cc1. The van der Waals surface area contributed by atoms with E-state index in [2.05, 4.69) is 48.3 Å². The van der Waals surface area contributed by atoms with Gasteiger partial charge in [-0.3, -0.25) is 5.01 Å². The number of para-hydroxylation sites is 1. The average Bonchev–Trinajstić information content (AvgIpc) is 3.26. The number of aryl methyl sites for hydroxylation is 1. The number of benzene rings is 2. The fraction of sp³-hybridized carbons (Fsp3) is 0.150. The Morgan fingerprint density at radius 1 is 0.957 bits per heavy atom. The summed E-state index contributed by atoms with van der Waals surface area (Å²) in [5.41, 5.74) is 4.60. The van der Waals surface area contributed by atoms with Gasteiger partial charge in [0.25, 0.3) is 0 Å². The quantitative estimate of drug-likeness (QED) is 0.685. The van der Waals surface area contributed by atoms with Crippen LogP contribution in [0.5, 0.6) is 0 Å². The number of hydrogen-bond acceptors (Lipinski definition) is 3. The third-order valence-electron chi connectivity index (χ3n) is 4.19. The molecule has 2 heterocycles. The van der Waals surface area contributed by atoms with Gasteiger partial charge in [-0.1, -0.05) is 48.0 Å². The predicted octanol–water partition coefficient (Wildman–Crippen LogP) is 4.94. The van der Waals surface area contributed by atoms with E-state index in [1.807, 2.05) is 30.3 Å². The Bertz CT molecular complexity index is 805. The molecule has 0 spiro atoms. The molecule has 1 aliphatic rings. The smallest absolute Gasteiger partial charge is 0.128 e. The Balaban J connectivity index is 1.73. The van der Waals surface area contributed by atoms with Crippen molar-refractivity contribution in [3.63, 3.8) is 0 Å². The largest absolute Gasteiger partial charge is 0.467 e. The van der Waals surface area contributed by atoms with Crippen molar-refractivity contribution >= 4 is 11.4 Å². The van der Waals surface area contributed by atoms with Crippen molar-refractivity contribution in [2.45, 2.75) is 19.4 Å². The lowest BCUT2D eigenvalue weighted by atomic mass is 10.0. The molecular formula is C20H18N2O. The van der Waals surface area contributed by atoms with Gasteiger partial charge in [0.1, 0.15) is 11.8 Å². The van der Waals surface area contributed by atoms with E-state index >= 15 is 0 Å². The zero-order chi connectivity index (χ0) is 15.6. The van der Waals surface area contributed by atoms with Gasteiger partial charge in [0.2, 0.25) is 0 Å². The van der Waals surface area contributed by atoms with Crippen molar-refractivity contribution in [1.29, 1.82) is 0 Å². The van der Waals surface area contributed by atoms with Crippen LogP contribution in [0.4, 0.5) is 5.69 Å². The Kier molecular flexibility index (Phi) is 3.46. The van der Waals surface area contributed by atoms with Crippen LogP contribution >= 0.6 is 0 Å². The molecule has 0 N–H and O–H groups in total. The van der Waals surface area contributed by atoms with Crippen LogP contribution in [0.25, 0.3) is 0 Å². The Labute approximate surface area is 135 Å². The van der Waals surface area contributed by atoms with Crippen molar-refractivity contribution in [1.82, 2.24) is 0 Å². The van der Waals surface area contributed by atoms with Gasteiger partial charge in [-0.05, 0) is 36.8 Å². The van der Waals surface area contributed by atoms with E-state index in [9.17, 15) is 0 Å². The van der Waals surface area contributed by atoms with E-state index in [0.717, 1.165) is 23.6 Å². The zero-order valence-electron chi connectivity index (χ0n) is 13.0. The highest BCUT2D eigenvalue weighted by Gasteiger charge is 2.31. The summed E-state index contributed by atoms with van der Waals surface area (Å²) in [5, 5.41) is 6.95. The minimum absolute atomic E-state index is 0.101. The third kappa shape index (κ3) is 2.66. The number of nitrogens with zero attached hydrogens (tertiary/aromatic N) is 2. The van der Waals surface area contributed by atoms with Gasteiger partial charge in [0, 0.05) is 6.42 Å². The summed E-state index contributed by atoms with van der Waals surface area (Å²) in [6.45, 7) is 2.10. The summed E-state index contributed by atoms with van der Waals surface area (Å²) in [4.78, 5) is 0. The van der Waals surface area contributed by atoms with Gasteiger partial charge in [-0.15, -0.1) is 0 Å². The second-order valence-electron chi connectivity index (χ2n) is 5.83. The summed E-state index contributed by atoms with van der Waals surface area (Å²) < 4.78 is 5.66. The van der Waals surface area contributed by atoms with E-state index < -0.39 is 0 Å². The van der Waals surface area contributed by atoms with Crippen LogP contribution < -0.4 is 5.01 Å². The first-order valence-corrected chi connectivity index (χ1v) is 7.83. The molecule has 4 rings (SSSR count). The minimum Gasteiger partial charge on any atom is -0.467 e. The van der Waals surface area contributed by atoms with E-state index in [1.165, 1.54) is 11.1 Å². The third-order valence-corrected chi connectivity index (χ3v) is 4.19. The van der Waals surface area contributed by atoms with Gasteiger partial charge in [-0.2, -0.15) is 5.10 Å². The first-order valence-electron chi connectivity index (χ1n) is 7.83. The minimum atomic E-state index is 0.101. The highest BCUT2D eigenvalue weighted by Crippen LogP contribution is 2.36. The van der Waals surface area contributed by atoms with Crippen LogP contribution in [0, 0.1) is 6.92 Å². The molecule has 3 nitrogen and oxygen atoms in total. The molecule has 0 saturated heterocycles. The highest BCUT2D eigenvalue weighted by atomic mass is 16.3. The lowest BCUT2D eigenvalue weighted by molar-refractivity contribution is 0.465. The fourth-order valence-corrected chi connectivity index (χ4v) is 2.95. The van der Waals surface area contributed by atoms with Crippen molar-refractivity contribution in [2.75, 3.05) is 5.01 Å². The molecular weight excluding hydrogens is 284 g/mol. The van der Waals surface area contributed by atoms with Gasteiger partial charge in [0.05, 0.1) is 17.7 Å². The molecule has 1 atom stereocenters. The van der Waals surface area contributed by atoms with Gasteiger partial charge in [-0.25, -0.2) is 0 Å². The molecule has 23 heavy (non-hydrogen) atoms. The zero-order valence-corrected chi connectivity index (χ0v) is 13.0. The fourth-order valence-electron chi connectivity index (χ4n) is 2.95. The molecule has 1 aromatic heterocycles. The lowest BCUT2D eigenvalue weighted by Gasteiger charge is -2.21. The summed E-state index contributed by atoms with van der Waals surface area (Å²) in [7, 11) is 0. The standard InChI is InChI=1S/C20H18N2O/c1-15-9-11-16(12-10-15)18-14-19(20-8-5-13-23-20)22(21-18)17-6-3-2-4-7-17/h2-13,19H,14H2,1H3. The van der Waals surface area contributed by atoms with Crippen LogP contribution in [0.1, 0.15) is 29.3 Å². The summed E-state index contributed by atoms with van der Waals surface area (Å²) in [5.74, 6) is 0.944. The molecule has 0 saturated carbocycles. The molecule has 0 bridgehead atoms. The molecule has 1 unspecified atom stereocenters. The maximum absolute atomic E-state index is 5.66. The van der Waals surface area contributed by atoms with Crippen molar-refractivity contribution in [3.8, 4) is 0 Å². The number of furan rings is 1. The molecule has 0 amide bonds. The maximum atomic E-state index is 5.66. The first kappa shape index (κ1) is 13.8. The van der Waals surface area contributed by atoms with Gasteiger partial charge in [0.15, 0.2) is 0 Å². The number of rotatable bonds is 3. The van der Waals surface area contributed by atoms with E-state index in [1.54, 1.807) is 6.26 Å². The van der Waals surface area contributed by atoms with Gasteiger partial charge < -0.3 is 4.42 Å². The molecule has 0 aliphatic carbocycles. The van der Waals surface area contributed by atoms with E-state index in [4.69, 9.17) is 9.52 Å². The topological polar surface area (TPSA) is 28.7 Å². The lowest BCUT2D eigenvalue weighted by Crippen LogP contribution is -2.17. The van der Waals surface area contributed by atoms with Crippen LogP contribution in [0.3, 0.4) is 0 Å². The summed E-state index contributed by atoms with van der Waals surface area (Å²) >= 11 is 0. The number of anilines is 1. The first-order chi connectivity index (χ1) is 11.3. The molecule has 3 aromatic rings. The monoisotopic (exact) mass is 302 g/mol. The molecule has 3 heteroatoms. The molecule has 114 valence electrons. The molecule has 2 aromatic carbocycles. The molecule has 1 aliphatic heterocycles. The van der Waals surface area contributed by atoms with Crippen molar-refractivity contribution in [3.05, 3.63) is 89.9 Å². The number of hydrogen-bond donors (Lipinski definition) is 0. The maximum Gasteiger partial charge on any atom is 0.128 e. The molecule has 0 fully saturated rings. The van der Waals surface area contributed by atoms with E-state index in [-0.39, 0.29) is 6.04 Å². The number of hydrazone groups is 1. The Hall–Kier alpha value is -2.81. The predicted molar refractivity (Wildman–Crippen MR) is 92.7 cm³/mol. The van der Waals surface area contributed by atoms with Crippen LogP contribution in [-0.2, 0) is 0 Å². The highest BCUT2D eigenvalue weighted by molar-refractivity contribution is 6.03. The van der Waals surface area contributed by atoms with E-state index in [0.29, 0.717) is 0 Å². The van der Waals surface area contributed by atoms with Crippen LogP contribution in [0.2, 0.25) is 0 Å². The Morgan fingerprint density at radius 3 is 2.43 bits per heavy atom. The van der Waals surface area contributed by atoms with Gasteiger partial charge >= 0.3 is 0 Å². The second kappa shape index (κ2) is 5.76. The van der Waals surface area contributed by atoms with Crippen LogP contribution in [0.15, 0.2) is 82.5 Å². The second-order valence-corrected chi connectivity index (χ2v) is 5.83. The summed E-state index contributed by atoms with van der Waals surface area (Å²) in [6, 6.07) is 22.8. The summed E-state index contributed by atoms with van der Waals surface area (Å²) in [6.07, 6.45) is 2.56. The van der Waals surface area contributed by atoms with Crippen LogP contribution in [-0.4, -0.2) is 5.71 Å². The Morgan fingerprint density at radius 2 is 1.74 bits per heavy atom. The normalized spacial score (nSPS) is 17.3. The average molecular weight is 302 g/mol. The van der Waals surface area contributed by atoms with Crippen molar-refractivity contribution < 1.29 is 4.42 Å². The molecule has 0 radical (unpaired) electrons. The van der Waals surface area contributed by atoms with Crippen molar-refractivity contribution in [2.24, 2.45) is 5.10 Å².